The molecular weight excluding hydrogens is 546 g/mol. The van der Waals surface area contributed by atoms with Gasteiger partial charge in [-0.3, -0.25) is 0 Å². The molecule has 0 amide bonds. The highest BCUT2D eigenvalue weighted by molar-refractivity contribution is 5.43. The number of aryl methyl sites for hydroxylation is 4. The molecule has 0 bridgehead atoms. The van der Waals surface area contributed by atoms with Gasteiger partial charge in [0.2, 0.25) is 0 Å². The van der Waals surface area contributed by atoms with E-state index in [0.29, 0.717) is 38.9 Å². The average molecular weight is 586 g/mol. The van der Waals surface area contributed by atoms with Crippen molar-refractivity contribution < 1.29 is 15.3 Å². The molecule has 1 aromatic heterocycles. The number of hydrogen-bond acceptors (Lipinski definition) is 6. The molecule has 3 N–H and O–H groups in total. The molecule has 1 fully saturated rings. The third-order valence-corrected chi connectivity index (χ3v) is 8.65. The molecule has 0 saturated heterocycles. The fourth-order valence-corrected chi connectivity index (χ4v) is 6.35. The number of aromatic nitrogens is 3. The van der Waals surface area contributed by atoms with Crippen LogP contribution in [-0.2, 0) is 19.6 Å². The van der Waals surface area contributed by atoms with Crippen LogP contribution in [0.1, 0.15) is 82.5 Å². The van der Waals surface area contributed by atoms with Gasteiger partial charge in [0.05, 0.1) is 19.6 Å². The van der Waals surface area contributed by atoms with E-state index in [9.17, 15) is 29.7 Å². The van der Waals surface area contributed by atoms with E-state index in [-0.39, 0.29) is 42.8 Å². The van der Waals surface area contributed by atoms with Crippen molar-refractivity contribution in [1.29, 1.82) is 0 Å². The van der Waals surface area contributed by atoms with Crippen molar-refractivity contribution in [3.8, 4) is 17.2 Å². The molecule has 0 atom stereocenters. The summed E-state index contributed by atoms with van der Waals surface area (Å²) in [5.41, 5.74) is 3.04. The summed E-state index contributed by atoms with van der Waals surface area (Å²) >= 11 is 0. The first-order valence-electron chi connectivity index (χ1n) is 14.8. The van der Waals surface area contributed by atoms with Crippen LogP contribution < -0.4 is 17.1 Å². The van der Waals surface area contributed by atoms with Crippen molar-refractivity contribution in [2.75, 3.05) is 0 Å². The van der Waals surface area contributed by atoms with E-state index in [1.54, 1.807) is 64.1 Å². The molecule has 0 aliphatic heterocycles. The predicted octanol–water partition coefficient (Wildman–Crippen LogP) is 4.71. The lowest BCUT2D eigenvalue weighted by Gasteiger charge is -2.23. The zero-order valence-electron chi connectivity index (χ0n) is 25.2. The summed E-state index contributed by atoms with van der Waals surface area (Å²) in [4.78, 5) is 41.5. The van der Waals surface area contributed by atoms with E-state index < -0.39 is 17.1 Å². The summed E-state index contributed by atoms with van der Waals surface area (Å²) in [6.07, 6.45) is 5.32. The number of rotatable bonds is 7. The van der Waals surface area contributed by atoms with Crippen molar-refractivity contribution in [1.82, 2.24) is 13.7 Å². The van der Waals surface area contributed by atoms with E-state index in [0.717, 1.165) is 44.9 Å². The molecule has 1 heterocycles. The molecule has 226 valence electrons. The summed E-state index contributed by atoms with van der Waals surface area (Å²) in [5, 5.41) is 31.1. The van der Waals surface area contributed by atoms with Crippen LogP contribution in [0.5, 0.6) is 17.2 Å². The maximum atomic E-state index is 13.8. The quantitative estimate of drug-likeness (QED) is 0.288. The van der Waals surface area contributed by atoms with Gasteiger partial charge in [-0.2, -0.15) is 0 Å². The number of hydrogen-bond donors (Lipinski definition) is 3. The molecule has 3 aromatic carbocycles. The first-order chi connectivity index (χ1) is 20.4. The lowest BCUT2D eigenvalue weighted by atomic mass is 9.83. The Morgan fingerprint density at radius 3 is 1.40 bits per heavy atom. The molecule has 4 aromatic rings. The van der Waals surface area contributed by atoms with Gasteiger partial charge in [-0.1, -0.05) is 55.7 Å². The summed E-state index contributed by atoms with van der Waals surface area (Å²) in [6, 6.07) is 12.1. The molecule has 5 rings (SSSR count). The number of benzene rings is 3. The molecule has 43 heavy (non-hydrogen) atoms. The highest BCUT2D eigenvalue weighted by atomic mass is 16.3. The molecule has 9 heteroatoms. The summed E-state index contributed by atoms with van der Waals surface area (Å²) < 4.78 is 3.17. The van der Waals surface area contributed by atoms with Crippen LogP contribution in [0.4, 0.5) is 0 Å². The highest BCUT2D eigenvalue weighted by Gasteiger charge is 2.21. The summed E-state index contributed by atoms with van der Waals surface area (Å²) in [7, 11) is 0. The minimum Gasteiger partial charge on any atom is -0.508 e. The van der Waals surface area contributed by atoms with Crippen molar-refractivity contribution >= 4 is 0 Å². The van der Waals surface area contributed by atoms with E-state index in [1.807, 2.05) is 6.07 Å². The van der Waals surface area contributed by atoms with Gasteiger partial charge in [0.1, 0.15) is 17.2 Å². The molecule has 1 saturated carbocycles. The van der Waals surface area contributed by atoms with E-state index in [1.165, 1.54) is 6.42 Å². The largest absolute Gasteiger partial charge is 0.508 e. The highest BCUT2D eigenvalue weighted by Crippen LogP contribution is 2.37. The van der Waals surface area contributed by atoms with Gasteiger partial charge in [-0.15, -0.1) is 0 Å². The van der Waals surface area contributed by atoms with E-state index in [2.05, 4.69) is 0 Å². The van der Waals surface area contributed by atoms with Crippen LogP contribution in [0.3, 0.4) is 0 Å². The zero-order valence-corrected chi connectivity index (χ0v) is 25.2. The van der Waals surface area contributed by atoms with Gasteiger partial charge in [0.25, 0.3) is 0 Å². The lowest BCUT2D eigenvalue weighted by Crippen LogP contribution is -2.54. The lowest BCUT2D eigenvalue weighted by molar-refractivity contribution is 0.413. The van der Waals surface area contributed by atoms with Gasteiger partial charge in [-0.25, -0.2) is 28.1 Å². The van der Waals surface area contributed by atoms with Gasteiger partial charge in [0, 0.05) is 0 Å². The Hall–Kier alpha value is -4.53. The topological polar surface area (TPSA) is 127 Å². The zero-order chi connectivity index (χ0) is 31.0. The molecule has 1 aliphatic rings. The predicted molar refractivity (Wildman–Crippen MR) is 166 cm³/mol. The minimum atomic E-state index is -0.744. The van der Waals surface area contributed by atoms with Crippen LogP contribution in [-0.4, -0.2) is 29.0 Å². The SMILES string of the molecule is Cc1cc(Cn2c(=O)n(Cc3cc(C)c(O)c(C)c3)c(=O)n(Cc3ccc(O)c(C4CCCCC4)c3)c2=O)cc(C)c1O. The van der Waals surface area contributed by atoms with Crippen LogP contribution in [0.25, 0.3) is 0 Å². The second kappa shape index (κ2) is 12.0. The van der Waals surface area contributed by atoms with E-state index >= 15 is 0 Å². The monoisotopic (exact) mass is 585 g/mol. The van der Waals surface area contributed by atoms with Crippen LogP contribution in [0.15, 0.2) is 56.8 Å². The second-order valence-corrected chi connectivity index (χ2v) is 12.0. The molecular formula is C34H39N3O6. The second-order valence-electron chi connectivity index (χ2n) is 12.0. The third-order valence-electron chi connectivity index (χ3n) is 8.65. The fraction of sp³-hybridized carbons (Fsp3) is 0.382. The minimum absolute atomic E-state index is 0.0702. The smallest absolute Gasteiger partial charge is 0.336 e. The number of aromatic hydroxyl groups is 3. The Balaban J connectivity index is 1.64. The maximum absolute atomic E-state index is 13.8. The standard InChI is InChI=1S/C34H39N3O6/c1-20-12-25(13-21(2)30(20)39)18-36-32(41)35(17-24-10-11-29(38)28(16-24)27-8-6-5-7-9-27)33(42)37(34(36)43)19-26-14-22(3)31(40)23(4)15-26/h10-16,27,38-40H,5-9,17-19H2,1-4H3. The molecule has 1 aliphatic carbocycles. The Kier molecular flexibility index (Phi) is 8.35. The Morgan fingerprint density at radius 1 is 0.581 bits per heavy atom. The maximum Gasteiger partial charge on any atom is 0.336 e. The Labute approximate surface area is 249 Å². The van der Waals surface area contributed by atoms with Crippen LogP contribution in [0, 0.1) is 27.7 Å². The normalized spacial score (nSPS) is 13.9. The van der Waals surface area contributed by atoms with Crippen molar-refractivity contribution in [3.63, 3.8) is 0 Å². The first-order valence-corrected chi connectivity index (χ1v) is 14.8. The first kappa shape index (κ1) is 29.9. The van der Waals surface area contributed by atoms with Crippen LogP contribution in [0.2, 0.25) is 0 Å². The Morgan fingerprint density at radius 2 is 0.977 bits per heavy atom. The average Bonchev–Trinajstić information content (AvgIpc) is 2.98. The number of phenolic OH excluding ortho intramolecular Hbond substituents is 3. The summed E-state index contributed by atoms with van der Waals surface area (Å²) in [5.74, 6) is 0.731. The summed E-state index contributed by atoms with van der Waals surface area (Å²) in [6.45, 7) is 6.75. The third kappa shape index (κ3) is 6.02. The van der Waals surface area contributed by atoms with Crippen molar-refractivity contribution in [2.45, 2.75) is 85.4 Å². The molecule has 0 radical (unpaired) electrons. The van der Waals surface area contributed by atoms with Gasteiger partial charge >= 0.3 is 17.1 Å². The van der Waals surface area contributed by atoms with Crippen LogP contribution >= 0.6 is 0 Å². The number of phenols is 3. The Bertz CT molecular complexity index is 1730. The van der Waals surface area contributed by atoms with Crippen molar-refractivity contribution in [2.24, 2.45) is 0 Å². The number of nitrogens with zero attached hydrogens (tertiary/aromatic N) is 3. The molecule has 9 nitrogen and oxygen atoms in total. The van der Waals surface area contributed by atoms with Crippen molar-refractivity contribution in [3.05, 3.63) is 118 Å². The van der Waals surface area contributed by atoms with Gasteiger partial charge in [0.15, 0.2) is 0 Å². The molecule has 0 unspecified atom stereocenters. The molecule has 0 spiro atoms. The fourth-order valence-electron chi connectivity index (χ4n) is 6.35. The van der Waals surface area contributed by atoms with Gasteiger partial charge in [-0.05, 0) is 97.0 Å². The van der Waals surface area contributed by atoms with E-state index in [4.69, 9.17) is 0 Å². The van der Waals surface area contributed by atoms with Gasteiger partial charge < -0.3 is 15.3 Å².